The first-order chi connectivity index (χ1) is 16.4. The number of methoxy groups -OCH3 is 1. The Kier molecular flexibility index (Phi) is 6.65. The number of hydrogen-bond donors (Lipinski definition) is 1. The highest BCUT2D eigenvalue weighted by atomic mass is 16.5. The number of anilines is 2. The number of rotatable bonds is 5. The average Bonchev–Trinajstić information content (AvgIpc) is 2.84. The van der Waals surface area contributed by atoms with E-state index in [4.69, 9.17) is 10.00 Å². The molecule has 2 aromatic heterocycles. The van der Waals surface area contributed by atoms with Crippen molar-refractivity contribution in [3.8, 4) is 11.9 Å². The maximum atomic E-state index is 13.0. The molecule has 12 nitrogen and oxygen atoms in total. The van der Waals surface area contributed by atoms with E-state index in [0.29, 0.717) is 56.7 Å². The van der Waals surface area contributed by atoms with E-state index in [2.05, 4.69) is 20.3 Å². The van der Waals surface area contributed by atoms with Gasteiger partial charge in [-0.15, -0.1) is 0 Å². The Balaban J connectivity index is 1.57. The van der Waals surface area contributed by atoms with E-state index in [-0.39, 0.29) is 29.0 Å². The number of pyridine rings is 1. The molecule has 0 saturated carbocycles. The highest BCUT2D eigenvalue weighted by molar-refractivity contribution is 6.01. The van der Waals surface area contributed by atoms with Gasteiger partial charge in [0.15, 0.2) is 6.29 Å². The van der Waals surface area contributed by atoms with Crippen molar-refractivity contribution in [2.75, 3.05) is 50.6 Å². The molecule has 176 valence electrons. The summed E-state index contributed by atoms with van der Waals surface area (Å²) in [5.74, 6) is 0.423. The third kappa shape index (κ3) is 4.65. The lowest BCUT2D eigenvalue weighted by molar-refractivity contribution is -0.136. The first-order valence-corrected chi connectivity index (χ1v) is 10.8. The number of aromatic nitrogens is 3. The summed E-state index contributed by atoms with van der Waals surface area (Å²) in [6, 6.07) is 3.26. The molecule has 3 amide bonds. The number of urea groups is 1. The van der Waals surface area contributed by atoms with Crippen molar-refractivity contribution < 1.29 is 19.1 Å². The number of piperazine rings is 1. The van der Waals surface area contributed by atoms with E-state index in [1.807, 2.05) is 24.1 Å². The third-order valence-electron chi connectivity index (χ3n) is 5.79. The van der Waals surface area contributed by atoms with Crippen LogP contribution in [0.4, 0.5) is 16.6 Å². The van der Waals surface area contributed by atoms with Gasteiger partial charge in [-0.3, -0.25) is 24.7 Å². The van der Waals surface area contributed by atoms with Gasteiger partial charge in [0, 0.05) is 31.7 Å². The van der Waals surface area contributed by atoms with E-state index in [1.165, 1.54) is 18.2 Å². The van der Waals surface area contributed by atoms with Gasteiger partial charge in [0.1, 0.15) is 23.1 Å². The lowest BCUT2D eigenvalue weighted by Gasteiger charge is -2.33. The van der Waals surface area contributed by atoms with Crippen molar-refractivity contribution in [1.82, 2.24) is 24.8 Å². The minimum absolute atomic E-state index is 0.00201. The Morgan fingerprint density at radius 3 is 2.85 bits per heavy atom. The molecule has 4 heterocycles. The summed E-state index contributed by atoms with van der Waals surface area (Å²) in [5.41, 5.74) is 1.82. The molecule has 4 rings (SSSR count). The fourth-order valence-corrected chi connectivity index (χ4v) is 4.00. The summed E-state index contributed by atoms with van der Waals surface area (Å²) < 4.78 is 5.06. The number of ether oxygens (including phenoxy) is 1. The third-order valence-corrected chi connectivity index (χ3v) is 5.79. The Bertz CT molecular complexity index is 1180. The molecule has 0 aromatic carbocycles. The van der Waals surface area contributed by atoms with E-state index in [9.17, 15) is 14.4 Å². The van der Waals surface area contributed by atoms with Crippen molar-refractivity contribution in [2.45, 2.75) is 19.4 Å². The second kappa shape index (κ2) is 9.80. The van der Waals surface area contributed by atoms with Crippen LogP contribution in [0.2, 0.25) is 0 Å². The molecule has 12 heteroatoms. The summed E-state index contributed by atoms with van der Waals surface area (Å²) in [6.45, 7) is 2.37. The van der Waals surface area contributed by atoms with Crippen LogP contribution in [0.1, 0.15) is 33.6 Å². The van der Waals surface area contributed by atoms with Gasteiger partial charge in [-0.2, -0.15) is 10.2 Å². The number of amides is 3. The number of aryl methyl sites for hydroxylation is 1. The Morgan fingerprint density at radius 2 is 2.15 bits per heavy atom. The van der Waals surface area contributed by atoms with Gasteiger partial charge in [-0.25, -0.2) is 14.8 Å². The minimum atomic E-state index is -0.515. The van der Waals surface area contributed by atoms with E-state index < -0.39 is 6.03 Å². The number of nitrogens with zero attached hydrogens (tertiary/aromatic N) is 7. The monoisotopic (exact) mass is 464 g/mol. The van der Waals surface area contributed by atoms with Crippen LogP contribution in [0.25, 0.3) is 0 Å². The summed E-state index contributed by atoms with van der Waals surface area (Å²) in [7, 11) is 3.26. The van der Waals surface area contributed by atoms with Crippen molar-refractivity contribution in [3.63, 3.8) is 0 Å². The number of likely N-dealkylation sites (N-methyl/N-ethyl adjacent to an activating group) is 1. The molecule has 0 spiro atoms. The van der Waals surface area contributed by atoms with Crippen LogP contribution in [0.15, 0.2) is 12.3 Å². The fraction of sp³-hybridized carbons (Fsp3) is 0.409. The molecule has 1 fully saturated rings. The van der Waals surface area contributed by atoms with Crippen LogP contribution >= 0.6 is 0 Å². The second-order valence-corrected chi connectivity index (χ2v) is 8.10. The fourth-order valence-electron chi connectivity index (χ4n) is 4.00. The number of nitrogens with one attached hydrogen (secondary N) is 1. The molecule has 0 bridgehead atoms. The standard InChI is InChI=1S/C22H24N8O4/c1-28-6-7-29(18(32)12-28)11-15-8-14-4-3-5-30(19(14)25-17(15)13-31)22(33)27-21-24-10-16(9-23)20(26-21)34-2/h8,10,13H,3-7,11-12H2,1-2H3,(H,24,26,27,33). The summed E-state index contributed by atoms with van der Waals surface area (Å²) in [4.78, 5) is 54.8. The van der Waals surface area contributed by atoms with Crippen LogP contribution in [-0.4, -0.2) is 83.3 Å². The predicted molar refractivity (Wildman–Crippen MR) is 121 cm³/mol. The van der Waals surface area contributed by atoms with Crippen LogP contribution in [-0.2, 0) is 17.8 Å². The number of hydrogen-bond acceptors (Lipinski definition) is 9. The summed E-state index contributed by atoms with van der Waals surface area (Å²) in [5, 5.41) is 11.7. The maximum absolute atomic E-state index is 13.0. The molecule has 0 unspecified atom stereocenters. The highest BCUT2D eigenvalue weighted by Gasteiger charge is 2.28. The predicted octanol–water partition coefficient (Wildman–Crippen LogP) is 0.823. The van der Waals surface area contributed by atoms with Gasteiger partial charge < -0.3 is 9.64 Å². The number of carbonyl (C=O) groups excluding carboxylic acids is 3. The molecular weight excluding hydrogens is 440 g/mol. The van der Waals surface area contributed by atoms with Crippen LogP contribution in [0.5, 0.6) is 5.88 Å². The minimum Gasteiger partial charge on any atom is -0.480 e. The van der Waals surface area contributed by atoms with Gasteiger partial charge >= 0.3 is 6.03 Å². The number of carbonyl (C=O) groups is 3. The molecule has 1 N–H and O–H groups in total. The van der Waals surface area contributed by atoms with E-state index in [0.717, 1.165) is 12.1 Å². The van der Waals surface area contributed by atoms with E-state index in [1.54, 1.807) is 4.90 Å². The normalized spacial score (nSPS) is 16.0. The Morgan fingerprint density at radius 1 is 1.32 bits per heavy atom. The zero-order valence-corrected chi connectivity index (χ0v) is 18.9. The highest BCUT2D eigenvalue weighted by Crippen LogP contribution is 2.28. The number of aldehydes is 1. The van der Waals surface area contributed by atoms with Crippen molar-refractivity contribution in [2.24, 2.45) is 0 Å². The molecular formula is C22H24N8O4. The van der Waals surface area contributed by atoms with Crippen molar-refractivity contribution in [3.05, 3.63) is 34.6 Å². The SMILES string of the molecule is COc1nc(NC(=O)N2CCCc3cc(CN4CCN(C)CC4=O)c(C=O)nc32)ncc1C#N. The molecule has 2 aliphatic heterocycles. The van der Waals surface area contributed by atoms with Gasteiger partial charge in [0.2, 0.25) is 17.7 Å². The number of fused-ring (bicyclic) bond motifs is 1. The first-order valence-electron chi connectivity index (χ1n) is 10.8. The molecule has 1 saturated heterocycles. The largest absolute Gasteiger partial charge is 0.480 e. The van der Waals surface area contributed by atoms with Gasteiger partial charge in [0.05, 0.1) is 19.9 Å². The lowest BCUT2D eigenvalue weighted by atomic mass is 10.0. The topological polar surface area (TPSA) is 145 Å². The average molecular weight is 464 g/mol. The van der Waals surface area contributed by atoms with Gasteiger partial charge in [-0.1, -0.05) is 0 Å². The maximum Gasteiger partial charge on any atom is 0.329 e. The van der Waals surface area contributed by atoms with Gasteiger partial charge in [-0.05, 0) is 31.5 Å². The molecule has 0 aliphatic carbocycles. The Labute approximate surface area is 196 Å². The second-order valence-electron chi connectivity index (χ2n) is 8.10. The Hall–Kier alpha value is -4.11. The smallest absolute Gasteiger partial charge is 0.329 e. The van der Waals surface area contributed by atoms with Crippen LogP contribution < -0.4 is 15.0 Å². The summed E-state index contributed by atoms with van der Waals surface area (Å²) >= 11 is 0. The van der Waals surface area contributed by atoms with Crippen molar-refractivity contribution in [1.29, 1.82) is 5.26 Å². The summed E-state index contributed by atoms with van der Waals surface area (Å²) in [6.07, 6.45) is 3.30. The quantitative estimate of drug-likeness (QED) is 0.636. The van der Waals surface area contributed by atoms with Crippen LogP contribution in [0, 0.1) is 11.3 Å². The van der Waals surface area contributed by atoms with Gasteiger partial charge in [0.25, 0.3) is 0 Å². The zero-order valence-electron chi connectivity index (χ0n) is 18.9. The molecule has 0 atom stereocenters. The number of nitriles is 1. The first kappa shape index (κ1) is 23.1. The molecule has 2 aliphatic rings. The zero-order chi connectivity index (χ0) is 24.2. The molecule has 34 heavy (non-hydrogen) atoms. The molecule has 2 aromatic rings. The lowest BCUT2D eigenvalue weighted by Crippen LogP contribution is -2.48. The molecule has 0 radical (unpaired) electrons. The van der Waals surface area contributed by atoms with Crippen molar-refractivity contribution >= 4 is 30.0 Å². The van der Waals surface area contributed by atoms with Crippen LogP contribution in [0.3, 0.4) is 0 Å². The van der Waals surface area contributed by atoms with E-state index >= 15 is 0 Å².